The van der Waals surface area contributed by atoms with Gasteiger partial charge in [-0.3, -0.25) is 0 Å². The Kier molecular flexibility index (Phi) is 5.27. The number of urea groups is 1. The molecule has 132 valence electrons. The number of carbonyl (C=O) groups excluding carboxylic acids is 1. The fourth-order valence-electron chi connectivity index (χ4n) is 2.68. The van der Waals surface area contributed by atoms with Gasteiger partial charge in [-0.2, -0.15) is 0 Å². The quantitative estimate of drug-likeness (QED) is 0.891. The van der Waals surface area contributed by atoms with Gasteiger partial charge in [-0.1, -0.05) is 6.07 Å². The summed E-state index contributed by atoms with van der Waals surface area (Å²) in [5, 5.41) is 14.2. The van der Waals surface area contributed by atoms with Crippen LogP contribution < -0.4 is 15.5 Å². The highest BCUT2D eigenvalue weighted by Crippen LogP contribution is 2.15. The van der Waals surface area contributed by atoms with Gasteiger partial charge < -0.3 is 20.4 Å². The number of nitrogens with one attached hydrogen (secondary N) is 2. The van der Waals surface area contributed by atoms with Crippen LogP contribution in [0.3, 0.4) is 0 Å². The van der Waals surface area contributed by atoms with Gasteiger partial charge in [0.1, 0.15) is 11.6 Å². The van der Waals surface area contributed by atoms with Crippen molar-refractivity contribution in [2.75, 3.05) is 48.3 Å². The number of aromatic nitrogens is 2. The van der Waals surface area contributed by atoms with Crippen LogP contribution in [-0.4, -0.2) is 53.9 Å². The second-order valence-electron chi connectivity index (χ2n) is 5.72. The highest BCUT2D eigenvalue weighted by atomic mass is 19.1. The minimum absolute atomic E-state index is 0.223. The van der Waals surface area contributed by atoms with Crippen molar-refractivity contribution in [3.63, 3.8) is 0 Å². The van der Waals surface area contributed by atoms with Crippen molar-refractivity contribution >= 4 is 23.4 Å². The first-order chi connectivity index (χ1) is 12.2. The zero-order valence-corrected chi connectivity index (χ0v) is 14.1. The van der Waals surface area contributed by atoms with Gasteiger partial charge in [0.2, 0.25) is 0 Å². The van der Waals surface area contributed by atoms with Gasteiger partial charge in [-0.15, -0.1) is 10.2 Å². The van der Waals surface area contributed by atoms with Gasteiger partial charge >= 0.3 is 6.03 Å². The molecule has 2 amide bonds. The topological polar surface area (TPSA) is 73.4 Å². The first kappa shape index (κ1) is 16.9. The fraction of sp³-hybridized carbons (Fsp3) is 0.353. The largest absolute Gasteiger partial charge is 0.369 e. The third-order valence-electron chi connectivity index (χ3n) is 3.98. The van der Waals surface area contributed by atoms with E-state index in [2.05, 4.69) is 25.7 Å². The van der Waals surface area contributed by atoms with E-state index in [-0.39, 0.29) is 11.8 Å². The van der Waals surface area contributed by atoms with E-state index in [0.717, 1.165) is 18.2 Å². The van der Waals surface area contributed by atoms with Crippen molar-refractivity contribution in [2.24, 2.45) is 0 Å². The van der Waals surface area contributed by atoms with Crippen LogP contribution in [0.5, 0.6) is 0 Å². The number of halogens is 1. The Morgan fingerprint density at radius 1 is 1.16 bits per heavy atom. The third-order valence-corrected chi connectivity index (χ3v) is 3.98. The SMILES string of the molecule is CCNc1ccc(N2CCN(C(=O)Nc3cccc(F)c3)CC2)nn1. The molecule has 2 N–H and O–H groups in total. The van der Waals surface area contributed by atoms with E-state index in [9.17, 15) is 9.18 Å². The second-order valence-corrected chi connectivity index (χ2v) is 5.72. The summed E-state index contributed by atoms with van der Waals surface area (Å²) in [6.07, 6.45) is 0. The molecule has 3 rings (SSSR count). The predicted molar refractivity (Wildman–Crippen MR) is 95.4 cm³/mol. The summed E-state index contributed by atoms with van der Waals surface area (Å²) in [4.78, 5) is 16.1. The fourth-order valence-corrected chi connectivity index (χ4v) is 2.68. The van der Waals surface area contributed by atoms with Crippen molar-refractivity contribution in [3.8, 4) is 0 Å². The lowest BCUT2D eigenvalue weighted by Gasteiger charge is -2.35. The van der Waals surface area contributed by atoms with Gasteiger partial charge in [0.25, 0.3) is 0 Å². The van der Waals surface area contributed by atoms with Crippen LogP contribution in [0.4, 0.5) is 26.5 Å². The van der Waals surface area contributed by atoms with Gasteiger partial charge in [0.15, 0.2) is 5.82 Å². The number of amides is 2. The average Bonchev–Trinajstić information content (AvgIpc) is 2.63. The molecule has 0 aliphatic carbocycles. The standard InChI is InChI=1S/C17H21FN6O/c1-2-19-15-6-7-16(22-21-15)23-8-10-24(11-9-23)17(25)20-14-5-3-4-13(18)12-14/h3-7,12H,2,8-11H2,1H3,(H,19,21)(H,20,25). The molecule has 1 aromatic carbocycles. The summed E-state index contributed by atoms with van der Waals surface area (Å²) in [7, 11) is 0. The van der Waals surface area contributed by atoms with E-state index in [1.807, 2.05) is 19.1 Å². The molecule has 0 saturated carbocycles. The minimum atomic E-state index is -0.373. The smallest absolute Gasteiger partial charge is 0.321 e. The van der Waals surface area contributed by atoms with Crippen LogP contribution in [-0.2, 0) is 0 Å². The molecule has 0 spiro atoms. The van der Waals surface area contributed by atoms with E-state index in [0.29, 0.717) is 31.9 Å². The Morgan fingerprint density at radius 3 is 2.60 bits per heavy atom. The molecule has 0 atom stereocenters. The number of benzene rings is 1. The normalized spacial score (nSPS) is 14.3. The lowest BCUT2D eigenvalue weighted by molar-refractivity contribution is 0.208. The van der Waals surface area contributed by atoms with Crippen LogP contribution in [0.15, 0.2) is 36.4 Å². The maximum Gasteiger partial charge on any atom is 0.321 e. The van der Waals surface area contributed by atoms with Gasteiger partial charge in [0.05, 0.1) is 0 Å². The van der Waals surface area contributed by atoms with Crippen LogP contribution in [0.25, 0.3) is 0 Å². The maximum atomic E-state index is 13.2. The Morgan fingerprint density at radius 2 is 1.96 bits per heavy atom. The molecule has 1 fully saturated rings. The molecule has 0 unspecified atom stereocenters. The Hall–Kier alpha value is -2.90. The number of carbonyl (C=O) groups is 1. The molecule has 1 saturated heterocycles. The predicted octanol–water partition coefficient (Wildman–Crippen LogP) is 2.40. The van der Waals surface area contributed by atoms with E-state index in [4.69, 9.17) is 0 Å². The minimum Gasteiger partial charge on any atom is -0.369 e. The summed E-state index contributed by atoms with van der Waals surface area (Å²) >= 11 is 0. The van der Waals surface area contributed by atoms with Crippen LogP contribution in [0, 0.1) is 5.82 Å². The van der Waals surface area contributed by atoms with Crippen molar-refractivity contribution in [3.05, 3.63) is 42.2 Å². The average molecular weight is 344 g/mol. The van der Waals surface area contributed by atoms with Gasteiger partial charge in [-0.05, 0) is 37.3 Å². The molecule has 2 heterocycles. The molecule has 7 nitrogen and oxygen atoms in total. The number of hydrogen-bond acceptors (Lipinski definition) is 5. The molecule has 25 heavy (non-hydrogen) atoms. The number of hydrogen-bond donors (Lipinski definition) is 2. The lowest BCUT2D eigenvalue weighted by atomic mass is 10.3. The van der Waals surface area contributed by atoms with E-state index in [1.165, 1.54) is 12.1 Å². The van der Waals surface area contributed by atoms with Crippen molar-refractivity contribution < 1.29 is 9.18 Å². The lowest BCUT2D eigenvalue weighted by Crippen LogP contribution is -2.50. The third kappa shape index (κ3) is 4.34. The molecule has 1 aromatic heterocycles. The summed E-state index contributed by atoms with van der Waals surface area (Å²) in [5.74, 6) is 1.17. The first-order valence-electron chi connectivity index (χ1n) is 8.30. The van der Waals surface area contributed by atoms with Crippen LogP contribution in [0.2, 0.25) is 0 Å². The molecule has 2 aromatic rings. The van der Waals surface area contributed by atoms with Crippen molar-refractivity contribution in [1.29, 1.82) is 0 Å². The van der Waals surface area contributed by atoms with E-state index >= 15 is 0 Å². The number of piperazine rings is 1. The zero-order valence-electron chi connectivity index (χ0n) is 14.1. The molecule has 0 bridgehead atoms. The number of rotatable bonds is 4. The van der Waals surface area contributed by atoms with Crippen LogP contribution >= 0.6 is 0 Å². The monoisotopic (exact) mass is 344 g/mol. The molecular formula is C17H21FN6O. The molecule has 1 aliphatic rings. The molecular weight excluding hydrogens is 323 g/mol. The highest BCUT2D eigenvalue weighted by molar-refractivity contribution is 5.89. The molecule has 0 radical (unpaired) electrons. The number of anilines is 3. The highest BCUT2D eigenvalue weighted by Gasteiger charge is 2.22. The first-order valence-corrected chi connectivity index (χ1v) is 8.30. The molecule has 1 aliphatic heterocycles. The van der Waals surface area contributed by atoms with Crippen molar-refractivity contribution in [1.82, 2.24) is 15.1 Å². The van der Waals surface area contributed by atoms with E-state index in [1.54, 1.807) is 17.0 Å². The zero-order chi connectivity index (χ0) is 17.6. The Bertz CT molecular complexity index is 715. The Labute approximate surface area is 145 Å². The van der Waals surface area contributed by atoms with Crippen LogP contribution in [0.1, 0.15) is 6.92 Å². The Balaban J connectivity index is 1.53. The van der Waals surface area contributed by atoms with Gasteiger partial charge in [-0.25, -0.2) is 9.18 Å². The van der Waals surface area contributed by atoms with Crippen molar-refractivity contribution in [2.45, 2.75) is 6.92 Å². The maximum absolute atomic E-state index is 13.2. The van der Waals surface area contributed by atoms with E-state index < -0.39 is 0 Å². The summed E-state index contributed by atoms with van der Waals surface area (Å²) in [5.41, 5.74) is 0.456. The number of nitrogens with zero attached hydrogens (tertiary/aromatic N) is 4. The summed E-state index contributed by atoms with van der Waals surface area (Å²) < 4.78 is 13.2. The summed E-state index contributed by atoms with van der Waals surface area (Å²) in [6, 6.07) is 9.48. The second kappa shape index (κ2) is 7.78. The molecule has 8 heteroatoms. The van der Waals surface area contributed by atoms with Gasteiger partial charge in [0, 0.05) is 38.4 Å². The summed E-state index contributed by atoms with van der Waals surface area (Å²) in [6.45, 7) is 5.28.